The molecule has 1 aromatic carbocycles. The monoisotopic (exact) mass is 357 g/mol. The van der Waals surface area contributed by atoms with Crippen molar-refractivity contribution < 1.29 is 13.9 Å². The summed E-state index contributed by atoms with van der Waals surface area (Å²) in [7, 11) is 1.58. The normalized spacial score (nSPS) is 15.6. The lowest BCUT2D eigenvalue weighted by Gasteiger charge is -2.16. The molecule has 3 rings (SSSR count). The minimum atomic E-state index is -0.370. The van der Waals surface area contributed by atoms with Crippen LogP contribution in [0.5, 0.6) is 5.75 Å². The van der Waals surface area contributed by atoms with E-state index in [1.807, 2.05) is 19.1 Å². The first-order valence-electron chi connectivity index (χ1n) is 9.48. The van der Waals surface area contributed by atoms with Gasteiger partial charge in [0.1, 0.15) is 11.3 Å². The van der Waals surface area contributed by atoms with E-state index in [-0.39, 0.29) is 17.6 Å². The first-order valence-corrected chi connectivity index (χ1v) is 9.48. The average Bonchev–Trinajstić information content (AvgIpc) is 2.89. The van der Waals surface area contributed by atoms with Gasteiger partial charge in [0.25, 0.3) is 0 Å². The molecule has 1 aliphatic rings. The molecule has 0 saturated heterocycles. The zero-order valence-electron chi connectivity index (χ0n) is 15.6. The van der Waals surface area contributed by atoms with Gasteiger partial charge >= 0.3 is 5.63 Å². The number of carbonyl (C=O) groups is 1. The second-order valence-electron chi connectivity index (χ2n) is 7.11. The summed E-state index contributed by atoms with van der Waals surface area (Å²) in [6.07, 6.45) is 7.71. The molecule has 1 aliphatic carbocycles. The molecular weight excluding hydrogens is 330 g/mol. The molecule has 0 radical (unpaired) electrons. The first kappa shape index (κ1) is 18.5. The van der Waals surface area contributed by atoms with Crippen LogP contribution < -0.4 is 15.7 Å². The Kier molecular flexibility index (Phi) is 5.96. The maximum atomic E-state index is 12.4. The molecular formula is C21H27NO4. The highest BCUT2D eigenvalue weighted by molar-refractivity contribution is 5.82. The van der Waals surface area contributed by atoms with Crippen molar-refractivity contribution in [2.45, 2.75) is 64.3 Å². The molecule has 0 spiro atoms. The molecule has 5 nitrogen and oxygen atoms in total. The number of ether oxygens (including phenoxy) is 1. The molecule has 0 aliphatic heterocycles. The van der Waals surface area contributed by atoms with Crippen LogP contribution in [0.1, 0.15) is 56.1 Å². The van der Waals surface area contributed by atoms with Gasteiger partial charge in [-0.05, 0) is 43.9 Å². The molecule has 5 heteroatoms. The van der Waals surface area contributed by atoms with Crippen LogP contribution in [-0.2, 0) is 11.2 Å². The number of methoxy groups -OCH3 is 1. The fourth-order valence-corrected chi connectivity index (χ4v) is 3.75. The first-order chi connectivity index (χ1) is 12.6. The summed E-state index contributed by atoms with van der Waals surface area (Å²) in [5, 5.41) is 4.01. The molecule has 2 aromatic rings. The molecule has 1 amide bonds. The van der Waals surface area contributed by atoms with E-state index in [2.05, 4.69) is 5.32 Å². The van der Waals surface area contributed by atoms with Gasteiger partial charge in [-0.15, -0.1) is 0 Å². The Morgan fingerprint density at radius 3 is 2.65 bits per heavy atom. The standard InChI is InChI=1S/C21H27NO4/c1-14-17-10-9-16(25-2)13-19(17)26-21(24)18(14)11-12-20(23)22-15-7-5-3-4-6-8-15/h9-10,13,15H,3-8,11-12H2,1-2H3,(H,22,23). The van der Waals surface area contributed by atoms with Crippen molar-refractivity contribution in [1.82, 2.24) is 5.32 Å². The van der Waals surface area contributed by atoms with Crippen molar-refractivity contribution >= 4 is 16.9 Å². The molecule has 0 unspecified atom stereocenters. The predicted molar refractivity (Wildman–Crippen MR) is 102 cm³/mol. The number of rotatable bonds is 5. The molecule has 26 heavy (non-hydrogen) atoms. The molecule has 1 heterocycles. The minimum absolute atomic E-state index is 0.0190. The zero-order valence-corrected chi connectivity index (χ0v) is 15.6. The topological polar surface area (TPSA) is 68.5 Å². The zero-order chi connectivity index (χ0) is 18.5. The Labute approximate surface area is 153 Å². The molecule has 1 aromatic heterocycles. The minimum Gasteiger partial charge on any atom is -0.497 e. The number of amides is 1. The summed E-state index contributed by atoms with van der Waals surface area (Å²) in [5.74, 6) is 0.668. The number of carbonyl (C=O) groups excluding carboxylic acids is 1. The summed E-state index contributed by atoms with van der Waals surface area (Å²) in [6.45, 7) is 1.91. The molecule has 1 fully saturated rings. The molecule has 0 atom stereocenters. The fourth-order valence-electron chi connectivity index (χ4n) is 3.75. The molecule has 0 bridgehead atoms. The largest absolute Gasteiger partial charge is 0.497 e. The van der Waals surface area contributed by atoms with Crippen LogP contribution in [0.15, 0.2) is 27.4 Å². The Morgan fingerprint density at radius 2 is 1.96 bits per heavy atom. The Morgan fingerprint density at radius 1 is 1.23 bits per heavy atom. The van der Waals surface area contributed by atoms with Crippen LogP contribution >= 0.6 is 0 Å². The van der Waals surface area contributed by atoms with Crippen molar-refractivity contribution in [3.8, 4) is 5.75 Å². The van der Waals surface area contributed by atoms with Crippen LogP contribution in [0.4, 0.5) is 0 Å². The van der Waals surface area contributed by atoms with Crippen molar-refractivity contribution in [1.29, 1.82) is 0 Å². The lowest BCUT2D eigenvalue weighted by atomic mass is 10.0. The average molecular weight is 357 g/mol. The lowest BCUT2D eigenvalue weighted by molar-refractivity contribution is -0.121. The number of fused-ring (bicyclic) bond motifs is 1. The van der Waals surface area contributed by atoms with Crippen LogP contribution in [0.3, 0.4) is 0 Å². The van der Waals surface area contributed by atoms with Gasteiger partial charge in [0.2, 0.25) is 5.91 Å². The van der Waals surface area contributed by atoms with Crippen LogP contribution in [0, 0.1) is 6.92 Å². The van der Waals surface area contributed by atoms with E-state index in [1.54, 1.807) is 13.2 Å². The van der Waals surface area contributed by atoms with E-state index >= 15 is 0 Å². The van der Waals surface area contributed by atoms with E-state index in [9.17, 15) is 9.59 Å². The highest BCUT2D eigenvalue weighted by atomic mass is 16.5. The fraction of sp³-hybridized carbons (Fsp3) is 0.524. The highest BCUT2D eigenvalue weighted by Crippen LogP contribution is 2.24. The van der Waals surface area contributed by atoms with Gasteiger partial charge < -0.3 is 14.5 Å². The van der Waals surface area contributed by atoms with Gasteiger partial charge in [-0.3, -0.25) is 4.79 Å². The Balaban J connectivity index is 1.70. The van der Waals surface area contributed by atoms with E-state index in [0.717, 1.165) is 23.8 Å². The Hall–Kier alpha value is -2.30. The van der Waals surface area contributed by atoms with Crippen molar-refractivity contribution in [2.75, 3.05) is 7.11 Å². The van der Waals surface area contributed by atoms with Crippen LogP contribution in [-0.4, -0.2) is 19.1 Å². The maximum Gasteiger partial charge on any atom is 0.339 e. The third-order valence-corrected chi connectivity index (χ3v) is 5.32. The van der Waals surface area contributed by atoms with Gasteiger partial charge in [-0.1, -0.05) is 25.7 Å². The predicted octanol–water partition coefficient (Wildman–Crippen LogP) is 3.88. The highest BCUT2D eigenvalue weighted by Gasteiger charge is 2.17. The summed E-state index contributed by atoms with van der Waals surface area (Å²) in [4.78, 5) is 24.7. The number of benzene rings is 1. The molecule has 1 saturated carbocycles. The summed E-state index contributed by atoms with van der Waals surface area (Å²) >= 11 is 0. The van der Waals surface area contributed by atoms with Crippen molar-refractivity contribution in [3.63, 3.8) is 0 Å². The van der Waals surface area contributed by atoms with E-state index in [0.29, 0.717) is 29.7 Å². The van der Waals surface area contributed by atoms with Gasteiger partial charge in [-0.25, -0.2) is 4.79 Å². The quantitative estimate of drug-likeness (QED) is 0.651. The van der Waals surface area contributed by atoms with E-state index < -0.39 is 0 Å². The molecule has 1 N–H and O–H groups in total. The summed E-state index contributed by atoms with van der Waals surface area (Å²) in [5.41, 5.74) is 1.60. The number of aryl methyl sites for hydroxylation is 1. The van der Waals surface area contributed by atoms with Crippen molar-refractivity contribution in [2.24, 2.45) is 0 Å². The smallest absolute Gasteiger partial charge is 0.339 e. The maximum absolute atomic E-state index is 12.4. The number of hydrogen-bond donors (Lipinski definition) is 1. The van der Waals surface area contributed by atoms with Gasteiger partial charge in [0.15, 0.2) is 0 Å². The van der Waals surface area contributed by atoms with Gasteiger partial charge in [0.05, 0.1) is 7.11 Å². The second-order valence-corrected chi connectivity index (χ2v) is 7.11. The third kappa shape index (κ3) is 4.26. The van der Waals surface area contributed by atoms with E-state index in [1.165, 1.54) is 25.7 Å². The number of hydrogen-bond acceptors (Lipinski definition) is 4. The van der Waals surface area contributed by atoms with Crippen LogP contribution in [0.25, 0.3) is 11.0 Å². The SMILES string of the molecule is COc1ccc2c(C)c(CCC(=O)NC3CCCCCC3)c(=O)oc2c1. The van der Waals surface area contributed by atoms with E-state index in [4.69, 9.17) is 9.15 Å². The lowest BCUT2D eigenvalue weighted by Crippen LogP contribution is -2.34. The van der Waals surface area contributed by atoms with Crippen LogP contribution in [0.2, 0.25) is 0 Å². The van der Waals surface area contributed by atoms with Crippen molar-refractivity contribution in [3.05, 3.63) is 39.7 Å². The number of nitrogens with one attached hydrogen (secondary N) is 1. The second kappa shape index (κ2) is 8.39. The Bertz CT molecular complexity index is 832. The van der Waals surface area contributed by atoms with Gasteiger partial charge in [-0.2, -0.15) is 0 Å². The van der Waals surface area contributed by atoms with Gasteiger partial charge in [0, 0.05) is 29.5 Å². The third-order valence-electron chi connectivity index (χ3n) is 5.32. The summed E-state index contributed by atoms with van der Waals surface area (Å²) < 4.78 is 10.6. The molecule has 140 valence electrons. The summed E-state index contributed by atoms with van der Waals surface area (Å²) in [6, 6.07) is 5.73.